The summed E-state index contributed by atoms with van der Waals surface area (Å²) in [5, 5.41) is 0. The van der Waals surface area contributed by atoms with Gasteiger partial charge < -0.3 is 15.4 Å². The van der Waals surface area contributed by atoms with Gasteiger partial charge in [-0.15, -0.1) is 0 Å². The number of methoxy groups -OCH3 is 1. The number of hydrogen-bond acceptors (Lipinski definition) is 4. The summed E-state index contributed by atoms with van der Waals surface area (Å²) >= 11 is 0. The van der Waals surface area contributed by atoms with Crippen molar-refractivity contribution in [3.05, 3.63) is 53.6 Å². The second-order valence-corrected chi connectivity index (χ2v) is 4.37. The van der Waals surface area contributed by atoms with Crippen LogP contribution in [0.3, 0.4) is 0 Å². The molecule has 0 bridgehead atoms. The second kappa shape index (κ2) is 6.20. The molecular formula is C15H19N3O. The highest BCUT2D eigenvalue weighted by molar-refractivity contribution is 5.41. The monoisotopic (exact) mass is 257 g/mol. The van der Waals surface area contributed by atoms with Gasteiger partial charge in [0, 0.05) is 26.2 Å². The van der Waals surface area contributed by atoms with E-state index in [4.69, 9.17) is 10.5 Å². The first kappa shape index (κ1) is 13.4. The Kier molecular flexibility index (Phi) is 4.36. The van der Waals surface area contributed by atoms with Crippen LogP contribution < -0.4 is 15.4 Å². The summed E-state index contributed by atoms with van der Waals surface area (Å²) in [4.78, 5) is 6.50. The van der Waals surface area contributed by atoms with E-state index in [2.05, 4.69) is 22.0 Å². The fraction of sp³-hybridized carbons (Fsp3) is 0.267. The Balaban J connectivity index is 2.18. The quantitative estimate of drug-likeness (QED) is 0.892. The van der Waals surface area contributed by atoms with Gasteiger partial charge in [-0.05, 0) is 17.2 Å². The summed E-state index contributed by atoms with van der Waals surface area (Å²) in [6, 6.07) is 13.9. The van der Waals surface area contributed by atoms with E-state index in [0.717, 1.165) is 17.9 Å². The van der Waals surface area contributed by atoms with Gasteiger partial charge in [-0.25, -0.2) is 0 Å². The lowest BCUT2D eigenvalue weighted by molar-refractivity contribution is 0.398. The third-order valence-electron chi connectivity index (χ3n) is 3.05. The zero-order valence-electron chi connectivity index (χ0n) is 11.3. The number of nitrogens with two attached hydrogens (primary N) is 1. The van der Waals surface area contributed by atoms with Crippen LogP contribution in [0.25, 0.3) is 0 Å². The van der Waals surface area contributed by atoms with Gasteiger partial charge in [0.15, 0.2) is 0 Å². The van der Waals surface area contributed by atoms with Crippen LogP contribution in [0.1, 0.15) is 11.1 Å². The summed E-state index contributed by atoms with van der Waals surface area (Å²) in [7, 11) is 3.63. The van der Waals surface area contributed by atoms with Crippen molar-refractivity contribution in [1.29, 1.82) is 0 Å². The smallest absolute Gasteiger partial charge is 0.214 e. The molecule has 2 N–H and O–H groups in total. The lowest BCUT2D eigenvalue weighted by Crippen LogP contribution is -2.19. The van der Waals surface area contributed by atoms with Gasteiger partial charge in [-0.3, -0.25) is 0 Å². The average molecular weight is 257 g/mol. The van der Waals surface area contributed by atoms with E-state index in [9.17, 15) is 0 Å². The van der Waals surface area contributed by atoms with Crippen LogP contribution in [0.4, 0.5) is 5.82 Å². The van der Waals surface area contributed by atoms with Crippen molar-refractivity contribution < 1.29 is 4.74 Å². The van der Waals surface area contributed by atoms with E-state index in [1.54, 1.807) is 7.11 Å². The van der Waals surface area contributed by atoms with Gasteiger partial charge in [-0.1, -0.05) is 30.3 Å². The molecule has 2 rings (SSSR count). The maximum Gasteiger partial charge on any atom is 0.214 e. The van der Waals surface area contributed by atoms with Crippen molar-refractivity contribution >= 4 is 5.82 Å². The highest BCUT2D eigenvalue weighted by Gasteiger charge is 2.07. The molecule has 0 atom stereocenters. The molecule has 0 aliphatic carbocycles. The molecule has 0 aliphatic rings. The summed E-state index contributed by atoms with van der Waals surface area (Å²) in [6.45, 7) is 1.32. The van der Waals surface area contributed by atoms with Crippen LogP contribution in [-0.2, 0) is 13.1 Å². The van der Waals surface area contributed by atoms with Crippen LogP contribution in [0, 0.1) is 0 Å². The molecule has 2 aromatic rings. The molecule has 4 heteroatoms. The van der Waals surface area contributed by atoms with E-state index in [1.165, 1.54) is 5.56 Å². The predicted molar refractivity (Wildman–Crippen MR) is 77.2 cm³/mol. The number of benzene rings is 1. The van der Waals surface area contributed by atoms with Crippen molar-refractivity contribution in [3.63, 3.8) is 0 Å². The Hall–Kier alpha value is -2.07. The minimum atomic E-state index is 0.551. The van der Waals surface area contributed by atoms with Gasteiger partial charge in [0.05, 0.1) is 7.11 Å². The minimum absolute atomic E-state index is 0.551. The minimum Gasteiger partial charge on any atom is -0.481 e. The third kappa shape index (κ3) is 3.23. The SMILES string of the molecule is COc1cccc(N(C)Cc2ccccc2CN)n1. The highest BCUT2D eigenvalue weighted by Crippen LogP contribution is 2.18. The highest BCUT2D eigenvalue weighted by atomic mass is 16.5. The fourth-order valence-corrected chi connectivity index (χ4v) is 1.98. The maximum absolute atomic E-state index is 5.76. The second-order valence-electron chi connectivity index (χ2n) is 4.37. The molecule has 0 spiro atoms. The Labute approximate surface area is 113 Å². The molecular weight excluding hydrogens is 238 g/mol. The number of rotatable bonds is 5. The van der Waals surface area contributed by atoms with Crippen molar-refractivity contribution in [3.8, 4) is 5.88 Å². The van der Waals surface area contributed by atoms with Gasteiger partial charge >= 0.3 is 0 Å². The Morgan fingerprint density at radius 3 is 2.53 bits per heavy atom. The van der Waals surface area contributed by atoms with Gasteiger partial charge in [0.25, 0.3) is 0 Å². The van der Waals surface area contributed by atoms with E-state index in [1.807, 2.05) is 37.4 Å². The van der Waals surface area contributed by atoms with Gasteiger partial charge in [0.2, 0.25) is 5.88 Å². The first-order valence-corrected chi connectivity index (χ1v) is 6.23. The van der Waals surface area contributed by atoms with Crippen LogP contribution in [0.2, 0.25) is 0 Å². The van der Waals surface area contributed by atoms with Crippen molar-refractivity contribution in [1.82, 2.24) is 4.98 Å². The van der Waals surface area contributed by atoms with E-state index < -0.39 is 0 Å². The Bertz CT molecular complexity index is 542. The first-order chi connectivity index (χ1) is 9.24. The molecule has 19 heavy (non-hydrogen) atoms. The molecule has 1 aromatic heterocycles. The molecule has 1 aromatic carbocycles. The molecule has 0 unspecified atom stereocenters. The van der Waals surface area contributed by atoms with Gasteiger partial charge in [-0.2, -0.15) is 4.98 Å². The van der Waals surface area contributed by atoms with Crippen LogP contribution >= 0.6 is 0 Å². The largest absolute Gasteiger partial charge is 0.481 e. The van der Waals surface area contributed by atoms with E-state index >= 15 is 0 Å². The zero-order valence-corrected chi connectivity index (χ0v) is 11.3. The van der Waals surface area contributed by atoms with Crippen LogP contribution in [-0.4, -0.2) is 19.1 Å². The number of nitrogens with zero attached hydrogens (tertiary/aromatic N) is 2. The molecule has 4 nitrogen and oxygen atoms in total. The standard InChI is InChI=1S/C15H19N3O/c1-18(14-8-5-9-15(17-14)19-2)11-13-7-4-3-6-12(13)10-16/h3-9H,10-11,16H2,1-2H3. The lowest BCUT2D eigenvalue weighted by Gasteiger charge is -2.20. The van der Waals surface area contributed by atoms with Crippen molar-refractivity contribution in [2.24, 2.45) is 5.73 Å². The topological polar surface area (TPSA) is 51.4 Å². The first-order valence-electron chi connectivity index (χ1n) is 6.23. The van der Waals surface area contributed by atoms with Crippen LogP contribution in [0.5, 0.6) is 5.88 Å². The summed E-state index contributed by atoms with van der Waals surface area (Å²) in [6.07, 6.45) is 0. The van der Waals surface area contributed by atoms with Crippen LogP contribution in [0.15, 0.2) is 42.5 Å². The average Bonchev–Trinajstić information content (AvgIpc) is 2.47. The number of anilines is 1. The van der Waals surface area contributed by atoms with E-state index in [0.29, 0.717) is 12.4 Å². The zero-order chi connectivity index (χ0) is 13.7. The Morgan fingerprint density at radius 2 is 1.84 bits per heavy atom. The summed E-state index contributed by atoms with van der Waals surface area (Å²) in [5.41, 5.74) is 8.14. The summed E-state index contributed by atoms with van der Waals surface area (Å²) < 4.78 is 5.14. The lowest BCUT2D eigenvalue weighted by atomic mass is 10.1. The van der Waals surface area contributed by atoms with E-state index in [-0.39, 0.29) is 0 Å². The number of pyridine rings is 1. The summed E-state index contributed by atoms with van der Waals surface area (Å²) in [5.74, 6) is 1.50. The molecule has 0 radical (unpaired) electrons. The molecule has 0 aliphatic heterocycles. The normalized spacial score (nSPS) is 10.3. The maximum atomic E-state index is 5.76. The third-order valence-corrected chi connectivity index (χ3v) is 3.05. The van der Waals surface area contributed by atoms with Crippen molar-refractivity contribution in [2.75, 3.05) is 19.1 Å². The van der Waals surface area contributed by atoms with Crippen molar-refractivity contribution in [2.45, 2.75) is 13.1 Å². The molecule has 100 valence electrons. The number of ether oxygens (including phenoxy) is 1. The fourth-order valence-electron chi connectivity index (χ4n) is 1.98. The predicted octanol–water partition coefficient (Wildman–Crippen LogP) is 2.19. The Morgan fingerprint density at radius 1 is 1.11 bits per heavy atom. The molecule has 1 heterocycles. The van der Waals surface area contributed by atoms with Gasteiger partial charge in [0.1, 0.15) is 5.82 Å². The molecule has 0 saturated carbocycles. The molecule has 0 amide bonds. The number of hydrogen-bond donors (Lipinski definition) is 1. The number of aromatic nitrogens is 1. The molecule has 0 fully saturated rings. The molecule has 0 saturated heterocycles.